The summed E-state index contributed by atoms with van der Waals surface area (Å²) >= 11 is 7.87. The Kier molecular flexibility index (Phi) is 4.99. The number of hydrogen-bond donors (Lipinski definition) is 0. The third kappa shape index (κ3) is 3.58. The molecule has 5 rings (SSSR count). The van der Waals surface area contributed by atoms with Gasteiger partial charge in [-0.1, -0.05) is 60.1 Å². The smallest absolute Gasteiger partial charge is 0.265 e. The summed E-state index contributed by atoms with van der Waals surface area (Å²) in [6.45, 7) is 0.550. The molecule has 0 saturated heterocycles. The number of benzene rings is 3. The van der Waals surface area contributed by atoms with Gasteiger partial charge >= 0.3 is 0 Å². The number of aromatic nitrogens is 1. The fourth-order valence-electron chi connectivity index (χ4n) is 3.47. The number of carbonyl (C=O) groups excluding carboxylic acids is 1. The Morgan fingerprint density at radius 3 is 2.67 bits per heavy atom. The number of thiazole rings is 1. The SMILES string of the molecule is O=C1COc2ccc(-c3csc(-c4ccccc4Cl)n3)cc2N1Cc1ccccc1. The van der Waals surface area contributed by atoms with Gasteiger partial charge in [-0.2, -0.15) is 0 Å². The minimum atomic E-state index is -0.0569. The summed E-state index contributed by atoms with van der Waals surface area (Å²) in [5, 5.41) is 3.55. The van der Waals surface area contributed by atoms with Crippen molar-refractivity contribution in [1.82, 2.24) is 4.98 Å². The number of fused-ring (bicyclic) bond motifs is 1. The first-order chi connectivity index (χ1) is 14.7. The van der Waals surface area contributed by atoms with Crippen molar-refractivity contribution in [3.8, 4) is 27.6 Å². The van der Waals surface area contributed by atoms with E-state index < -0.39 is 0 Å². The molecule has 0 spiro atoms. The topological polar surface area (TPSA) is 42.4 Å². The Labute approximate surface area is 183 Å². The summed E-state index contributed by atoms with van der Waals surface area (Å²) in [5.74, 6) is 0.648. The summed E-state index contributed by atoms with van der Waals surface area (Å²) in [7, 11) is 0. The van der Waals surface area contributed by atoms with E-state index in [2.05, 4.69) is 0 Å². The normalized spacial score (nSPS) is 13.1. The van der Waals surface area contributed by atoms with E-state index in [0.717, 1.165) is 33.1 Å². The first kappa shape index (κ1) is 18.9. The van der Waals surface area contributed by atoms with Crippen LogP contribution < -0.4 is 9.64 Å². The lowest BCUT2D eigenvalue weighted by atomic mass is 10.1. The van der Waals surface area contributed by atoms with Crippen molar-refractivity contribution in [2.45, 2.75) is 6.54 Å². The van der Waals surface area contributed by atoms with E-state index in [9.17, 15) is 4.79 Å². The van der Waals surface area contributed by atoms with Gasteiger partial charge in [-0.3, -0.25) is 4.79 Å². The van der Waals surface area contributed by atoms with Crippen LogP contribution in [0.2, 0.25) is 5.02 Å². The second-order valence-electron chi connectivity index (χ2n) is 6.95. The fourth-order valence-corrected chi connectivity index (χ4v) is 4.61. The second kappa shape index (κ2) is 7.94. The highest BCUT2D eigenvalue weighted by atomic mass is 35.5. The van der Waals surface area contributed by atoms with Gasteiger partial charge in [0.2, 0.25) is 0 Å². The number of anilines is 1. The zero-order valence-corrected chi connectivity index (χ0v) is 17.5. The summed E-state index contributed by atoms with van der Waals surface area (Å²) in [4.78, 5) is 19.2. The van der Waals surface area contributed by atoms with Crippen molar-refractivity contribution in [2.24, 2.45) is 0 Å². The molecule has 0 radical (unpaired) electrons. The summed E-state index contributed by atoms with van der Waals surface area (Å²) < 4.78 is 5.66. The molecule has 4 aromatic rings. The molecule has 0 aliphatic carbocycles. The highest BCUT2D eigenvalue weighted by Crippen LogP contribution is 2.38. The van der Waals surface area contributed by atoms with Gasteiger partial charge in [0.05, 0.1) is 22.9 Å². The third-order valence-corrected chi connectivity index (χ3v) is 6.19. The van der Waals surface area contributed by atoms with Crippen LogP contribution in [0.5, 0.6) is 5.75 Å². The highest BCUT2D eigenvalue weighted by molar-refractivity contribution is 7.13. The van der Waals surface area contributed by atoms with E-state index in [0.29, 0.717) is 17.3 Å². The van der Waals surface area contributed by atoms with Gasteiger partial charge < -0.3 is 9.64 Å². The van der Waals surface area contributed by atoms with Crippen molar-refractivity contribution in [3.63, 3.8) is 0 Å². The lowest BCUT2D eigenvalue weighted by molar-refractivity contribution is -0.121. The Balaban J connectivity index is 1.50. The summed E-state index contributed by atoms with van der Waals surface area (Å²) in [6.07, 6.45) is 0. The molecule has 0 N–H and O–H groups in total. The van der Waals surface area contributed by atoms with Crippen molar-refractivity contribution in [2.75, 3.05) is 11.5 Å². The Morgan fingerprint density at radius 2 is 1.83 bits per heavy atom. The number of carbonyl (C=O) groups is 1. The van der Waals surface area contributed by atoms with Crippen molar-refractivity contribution in [3.05, 3.63) is 88.8 Å². The maximum atomic E-state index is 12.6. The molecule has 2 heterocycles. The van der Waals surface area contributed by atoms with Gasteiger partial charge in [0.15, 0.2) is 6.61 Å². The highest BCUT2D eigenvalue weighted by Gasteiger charge is 2.26. The first-order valence-corrected chi connectivity index (χ1v) is 10.8. The quantitative estimate of drug-likeness (QED) is 0.394. The molecule has 4 nitrogen and oxygen atoms in total. The molecule has 30 heavy (non-hydrogen) atoms. The zero-order chi connectivity index (χ0) is 20.5. The maximum Gasteiger partial charge on any atom is 0.265 e. The van der Waals surface area contributed by atoms with Gasteiger partial charge in [0.25, 0.3) is 5.91 Å². The Hall–Kier alpha value is -3.15. The molecular formula is C24H17ClN2O2S. The van der Waals surface area contributed by atoms with Crippen LogP contribution in [0.25, 0.3) is 21.8 Å². The lowest BCUT2D eigenvalue weighted by Crippen LogP contribution is -2.38. The fraction of sp³-hybridized carbons (Fsp3) is 0.0833. The van der Waals surface area contributed by atoms with Crippen molar-refractivity contribution < 1.29 is 9.53 Å². The molecule has 0 bridgehead atoms. The number of halogens is 1. The predicted molar refractivity (Wildman–Crippen MR) is 121 cm³/mol. The molecule has 1 aliphatic heterocycles. The van der Waals surface area contributed by atoms with E-state index in [1.807, 2.05) is 78.2 Å². The number of ether oxygens (including phenoxy) is 1. The molecule has 6 heteroatoms. The van der Waals surface area contributed by atoms with E-state index >= 15 is 0 Å². The molecule has 0 fully saturated rings. The van der Waals surface area contributed by atoms with Gasteiger partial charge in [0, 0.05) is 16.5 Å². The average molecular weight is 433 g/mol. The van der Waals surface area contributed by atoms with E-state index in [1.54, 1.807) is 16.2 Å². The Bertz CT molecular complexity index is 1220. The largest absolute Gasteiger partial charge is 0.482 e. The molecule has 148 valence electrons. The molecule has 1 amide bonds. The number of rotatable bonds is 4. The van der Waals surface area contributed by atoms with E-state index in [-0.39, 0.29) is 12.5 Å². The van der Waals surface area contributed by atoms with Crippen LogP contribution >= 0.6 is 22.9 Å². The number of hydrogen-bond acceptors (Lipinski definition) is 4. The lowest BCUT2D eigenvalue weighted by Gasteiger charge is -2.29. The van der Waals surface area contributed by atoms with Crippen LogP contribution in [0.4, 0.5) is 5.69 Å². The summed E-state index contributed by atoms with van der Waals surface area (Å²) in [6, 6.07) is 23.5. The standard InChI is InChI=1S/C24H17ClN2O2S/c25-19-9-5-4-8-18(19)24-26-20(15-30-24)17-10-11-22-21(12-17)27(23(28)14-29-22)13-16-6-2-1-3-7-16/h1-12,15H,13-14H2. The molecule has 1 aromatic heterocycles. The van der Waals surface area contributed by atoms with Crippen LogP contribution in [0.1, 0.15) is 5.56 Å². The number of amides is 1. The van der Waals surface area contributed by atoms with Crippen molar-refractivity contribution >= 4 is 34.5 Å². The van der Waals surface area contributed by atoms with Crippen LogP contribution in [0.15, 0.2) is 78.2 Å². The predicted octanol–water partition coefficient (Wildman–Crippen LogP) is 6.06. The molecule has 0 saturated carbocycles. The second-order valence-corrected chi connectivity index (χ2v) is 8.22. The monoisotopic (exact) mass is 432 g/mol. The summed E-state index contributed by atoms with van der Waals surface area (Å²) in [5.41, 5.74) is 4.52. The van der Waals surface area contributed by atoms with Crippen LogP contribution in [0, 0.1) is 0 Å². The van der Waals surface area contributed by atoms with E-state index in [1.165, 1.54) is 0 Å². The van der Waals surface area contributed by atoms with Crippen LogP contribution in [0.3, 0.4) is 0 Å². The molecule has 0 unspecified atom stereocenters. The van der Waals surface area contributed by atoms with Crippen LogP contribution in [-0.4, -0.2) is 17.5 Å². The van der Waals surface area contributed by atoms with Gasteiger partial charge in [0.1, 0.15) is 10.8 Å². The maximum absolute atomic E-state index is 12.6. The molecule has 0 atom stereocenters. The third-order valence-electron chi connectivity index (χ3n) is 4.99. The van der Waals surface area contributed by atoms with E-state index in [4.69, 9.17) is 21.3 Å². The van der Waals surface area contributed by atoms with Crippen LogP contribution in [-0.2, 0) is 11.3 Å². The van der Waals surface area contributed by atoms with Crippen molar-refractivity contribution in [1.29, 1.82) is 0 Å². The number of nitrogens with zero attached hydrogens (tertiary/aromatic N) is 2. The van der Waals surface area contributed by atoms with Gasteiger partial charge in [-0.15, -0.1) is 11.3 Å². The molecule has 1 aliphatic rings. The molecular weight excluding hydrogens is 416 g/mol. The van der Waals surface area contributed by atoms with Gasteiger partial charge in [-0.05, 0) is 29.8 Å². The van der Waals surface area contributed by atoms with Gasteiger partial charge in [-0.25, -0.2) is 4.98 Å². The molecule has 3 aromatic carbocycles. The minimum absolute atomic E-state index is 0.0482. The average Bonchev–Trinajstić information content (AvgIpc) is 3.26. The minimum Gasteiger partial charge on any atom is -0.482 e. The Morgan fingerprint density at radius 1 is 1.03 bits per heavy atom. The zero-order valence-electron chi connectivity index (χ0n) is 15.9. The first-order valence-electron chi connectivity index (χ1n) is 9.51.